The van der Waals surface area contributed by atoms with Crippen molar-refractivity contribution in [1.82, 2.24) is 9.55 Å². The SMILES string of the molecule is O=C(O)C(Cc1ccc(O)cc1)N=Cc1c(O)n(-c2ccccc2)c(=S)[nH]c1=O. The minimum absolute atomic E-state index is 0.00488. The lowest BCUT2D eigenvalue weighted by molar-refractivity contribution is -0.138. The number of aromatic hydroxyl groups is 2. The minimum Gasteiger partial charge on any atom is -0.508 e. The van der Waals surface area contributed by atoms with Gasteiger partial charge in [0, 0.05) is 12.6 Å². The van der Waals surface area contributed by atoms with Crippen LogP contribution in [0.15, 0.2) is 64.4 Å². The molecule has 4 N–H and O–H groups in total. The number of H-pyrrole nitrogens is 1. The van der Waals surface area contributed by atoms with Crippen molar-refractivity contribution in [3.05, 3.63) is 80.8 Å². The van der Waals surface area contributed by atoms with Gasteiger partial charge in [-0.15, -0.1) is 0 Å². The van der Waals surface area contributed by atoms with Crippen molar-refractivity contribution in [2.75, 3.05) is 0 Å². The number of aromatic amines is 1. The minimum atomic E-state index is -1.19. The Morgan fingerprint density at radius 2 is 1.79 bits per heavy atom. The maximum atomic E-state index is 12.3. The molecule has 0 saturated carbocycles. The first-order chi connectivity index (χ1) is 13.9. The molecule has 1 aromatic heterocycles. The van der Waals surface area contributed by atoms with Crippen LogP contribution < -0.4 is 5.56 Å². The largest absolute Gasteiger partial charge is 0.508 e. The molecule has 0 radical (unpaired) electrons. The first kappa shape index (κ1) is 20.0. The van der Waals surface area contributed by atoms with E-state index < -0.39 is 23.5 Å². The summed E-state index contributed by atoms with van der Waals surface area (Å²) in [4.78, 5) is 30.3. The highest BCUT2D eigenvalue weighted by molar-refractivity contribution is 7.71. The summed E-state index contributed by atoms with van der Waals surface area (Å²) in [7, 11) is 0. The molecule has 1 unspecified atom stereocenters. The lowest BCUT2D eigenvalue weighted by Crippen LogP contribution is -2.23. The quantitative estimate of drug-likeness (QED) is 0.364. The second kappa shape index (κ2) is 8.53. The van der Waals surface area contributed by atoms with Crippen LogP contribution in [0.3, 0.4) is 0 Å². The Morgan fingerprint density at radius 1 is 1.14 bits per heavy atom. The van der Waals surface area contributed by atoms with Gasteiger partial charge in [-0.1, -0.05) is 30.3 Å². The zero-order valence-corrected chi connectivity index (χ0v) is 15.8. The van der Waals surface area contributed by atoms with Gasteiger partial charge in [0.25, 0.3) is 5.56 Å². The van der Waals surface area contributed by atoms with E-state index in [1.165, 1.54) is 16.7 Å². The number of phenolic OH excluding ortho intramolecular Hbond substituents is 1. The number of benzene rings is 2. The molecule has 0 spiro atoms. The van der Waals surface area contributed by atoms with E-state index in [0.29, 0.717) is 11.3 Å². The monoisotopic (exact) mass is 411 g/mol. The predicted octanol–water partition coefficient (Wildman–Crippen LogP) is 2.42. The van der Waals surface area contributed by atoms with Crippen LogP contribution in [0.1, 0.15) is 11.1 Å². The average molecular weight is 411 g/mol. The van der Waals surface area contributed by atoms with Crippen LogP contribution in [0.4, 0.5) is 0 Å². The number of carboxylic acid groups (broad SMARTS) is 1. The van der Waals surface area contributed by atoms with Gasteiger partial charge in [-0.25, -0.2) is 4.79 Å². The van der Waals surface area contributed by atoms with Crippen molar-refractivity contribution in [3.8, 4) is 17.3 Å². The molecule has 3 aromatic rings. The average Bonchev–Trinajstić information content (AvgIpc) is 2.68. The van der Waals surface area contributed by atoms with Crippen LogP contribution in [0, 0.1) is 4.77 Å². The molecule has 0 saturated heterocycles. The highest BCUT2D eigenvalue weighted by atomic mass is 32.1. The molecule has 2 aromatic carbocycles. The number of aliphatic carboxylic acids is 1. The van der Waals surface area contributed by atoms with Gasteiger partial charge in [0.15, 0.2) is 10.8 Å². The van der Waals surface area contributed by atoms with Gasteiger partial charge < -0.3 is 15.3 Å². The van der Waals surface area contributed by atoms with Gasteiger partial charge in [0.05, 0.1) is 5.69 Å². The Morgan fingerprint density at radius 3 is 2.41 bits per heavy atom. The molecule has 1 atom stereocenters. The van der Waals surface area contributed by atoms with Gasteiger partial charge in [-0.2, -0.15) is 0 Å². The third-order valence-corrected chi connectivity index (χ3v) is 4.45. The summed E-state index contributed by atoms with van der Waals surface area (Å²) in [5.41, 5.74) is 0.280. The van der Waals surface area contributed by atoms with Gasteiger partial charge in [0.2, 0.25) is 5.88 Å². The fraction of sp³-hybridized carbons (Fsp3) is 0.100. The number of aliphatic imine (C=N–C) groups is 1. The summed E-state index contributed by atoms with van der Waals surface area (Å²) < 4.78 is 1.25. The van der Waals surface area contributed by atoms with Crippen LogP contribution in [-0.4, -0.2) is 43.1 Å². The molecule has 0 amide bonds. The molecular weight excluding hydrogens is 394 g/mol. The number of carboxylic acids is 1. The van der Waals surface area contributed by atoms with Crippen LogP contribution in [0.2, 0.25) is 0 Å². The maximum absolute atomic E-state index is 12.3. The van der Waals surface area contributed by atoms with E-state index in [4.69, 9.17) is 12.2 Å². The van der Waals surface area contributed by atoms with Crippen molar-refractivity contribution in [3.63, 3.8) is 0 Å². The normalized spacial score (nSPS) is 12.1. The van der Waals surface area contributed by atoms with E-state index in [2.05, 4.69) is 9.98 Å². The van der Waals surface area contributed by atoms with Crippen LogP contribution in [0.5, 0.6) is 11.6 Å². The highest BCUT2D eigenvalue weighted by Gasteiger charge is 2.18. The Labute approximate surface area is 170 Å². The smallest absolute Gasteiger partial charge is 0.328 e. The fourth-order valence-corrected chi connectivity index (χ4v) is 2.98. The fourth-order valence-electron chi connectivity index (χ4n) is 2.70. The summed E-state index contributed by atoms with van der Waals surface area (Å²) in [6.45, 7) is 0. The van der Waals surface area contributed by atoms with Crippen LogP contribution >= 0.6 is 12.2 Å². The molecule has 148 valence electrons. The Balaban J connectivity index is 1.98. The molecular formula is C20H17N3O5S. The predicted molar refractivity (Wildman–Crippen MR) is 110 cm³/mol. The first-order valence-electron chi connectivity index (χ1n) is 8.54. The van der Waals surface area contributed by atoms with Crippen molar-refractivity contribution < 1.29 is 20.1 Å². The molecule has 8 nitrogen and oxygen atoms in total. The van der Waals surface area contributed by atoms with E-state index >= 15 is 0 Å². The molecule has 3 rings (SSSR count). The number of hydrogen-bond acceptors (Lipinski definition) is 6. The number of nitrogens with zero attached hydrogens (tertiary/aromatic N) is 2. The number of aromatic nitrogens is 2. The molecule has 29 heavy (non-hydrogen) atoms. The molecule has 0 bridgehead atoms. The highest BCUT2D eigenvalue weighted by Crippen LogP contribution is 2.19. The van der Waals surface area contributed by atoms with Crippen molar-refractivity contribution in [1.29, 1.82) is 0 Å². The van der Waals surface area contributed by atoms with Crippen LogP contribution in [0.25, 0.3) is 5.69 Å². The van der Waals surface area contributed by atoms with E-state index in [9.17, 15) is 24.9 Å². The van der Waals surface area contributed by atoms with E-state index in [1.807, 2.05) is 0 Å². The number of hydrogen-bond donors (Lipinski definition) is 4. The summed E-state index contributed by atoms with van der Waals surface area (Å²) in [6, 6.07) is 13.5. The van der Waals surface area contributed by atoms with Gasteiger partial charge in [0.1, 0.15) is 11.3 Å². The maximum Gasteiger partial charge on any atom is 0.328 e. The lowest BCUT2D eigenvalue weighted by atomic mass is 10.1. The number of rotatable bonds is 6. The zero-order chi connectivity index (χ0) is 21.0. The van der Waals surface area contributed by atoms with Gasteiger partial charge in [-0.05, 0) is 42.0 Å². The van der Waals surface area contributed by atoms with Crippen molar-refractivity contribution in [2.24, 2.45) is 4.99 Å². The molecule has 1 heterocycles. The topological polar surface area (TPSA) is 128 Å². The number of nitrogens with one attached hydrogen (secondary N) is 1. The molecule has 0 aliphatic heterocycles. The Bertz CT molecular complexity index is 1170. The molecule has 0 aliphatic carbocycles. The number of carbonyl (C=O) groups is 1. The zero-order valence-electron chi connectivity index (χ0n) is 15.0. The third kappa shape index (κ3) is 4.58. The summed E-state index contributed by atoms with van der Waals surface area (Å²) >= 11 is 5.13. The number of phenols is 1. The Hall–Kier alpha value is -3.72. The van der Waals surface area contributed by atoms with E-state index in [1.54, 1.807) is 42.5 Å². The number of para-hydroxylation sites is 1. The third-order valence-electron chi connectivity index (χ3n) is 4.17. The van der Waals surface area contributed by atoms with E-state index in [-0.39, 0.29) is 22.5 Å². The van der Waals surface area contributed by atoms with Crippen LogP contribution in [-0.2, 0) is 11.2 Å². The second-order valence-electron chi connectivity index (χ2n) is 6.17. The molecule has 0 fully saturated rings. The molecule has 9 heteroatoms. The van der Waals surface area contributed by atoms with Crippen molar-refractivity contribution >= 4 is 24.4 Å². The van der Waals surface area contributed by atoms with E-state index in [0.717, 1.165) is 6.21 Å². The molecule has 0 aliphatic rings. The lowest BCUT2D eigenvalue weighted by Gasteiger charge is -2.11. The standard InChI is InChI=1S/C20H17N3O5S/c24-14-8-6-12(7-9-14)10-16(19(27)28)21-11-15-17(25)22-20(29)23(18(15)26)13-4-2-1-3-5-13/h1-9,11,16,24,26H,10H2,(H,27,28)(H,22,25,29). The van der Waals surface area contributed by atoms with Gasteiger partial charge >= 0.3 is 5.97 Å². The summed E-state index contributed by atoms with van der Waals surface area (Å²) in [5, 5.41) is 29.4. The first-order valence-corrected chi connectivity index (χ1v) is 8.95. The summed E-state index contributed by atoms with van der Waals surface area (Å²) in [5.74, 6) is -1.57. The Kier molecular flexibility index (Phi) is 5.89. The van der Waals surface area contributed by atoms with Gasteiger partial charge in [-0.3, -0.25) is 19.3 Å². The van der Waals surface area contributed by atoms with Crippen molar-refractivity contribution in [2.45, 2.75) is 12.5 Å². The second-order valence-corrected chi connectivity index (χ2v) is 6.56. The summed E-state index contributed by atoms with van der Waals surface area (Å²) in [6.07, 6.45) is 1.07.